The van der Waals surface area contributed by atoms with Gasteiger partial charge < -0.3 is 4.42 Å². The number of rotatable bonds is 5. The minimum atomic E-state index is -3.54. The second-order valence-electron chi connectivity index (χ2n) is 9.38. The van der Waals surface area contributed by atoms with Crippen molar-refractivity contribution in [2.45, 2.75) is 0 Å². The van der Waals surface area contributed by atoms with Crippen LogP contribution in [0.4, 0.5) is 22.9 Å². The molecule has 1 aromatic heterocycles. The highest BCUT2D eigenvalue weighted by Gasteiger charge is 2.52. The van der Waals surface area contributed by atoms with Gasteiger partial charge in [-0.15, -0.1) is 0 Å². The quantitative estimate of drug-likeness (QED) is 0.211. The molecule has 0 fully saturated rings. The Morgan fingerprint density at radius 1 is 0.462 bits per heavy atom. The Morgan fingerprint density at radius 3 is 1.49 bits per heavy atom. The second-order valence-corrected chi connectivity index (χ2v) is 11.8. The van der Waals surface area contributed by atoms with E-state index in [2.05, 4.69) is 36.4 Å². The standard InChI is InChI=1S/C34H25N2O2P/c37-39(28-18-8-3-9-19-28)35(31-22-12-10-20-29(31)26-14-4-1-5-15-26)33-24-25-38-34(33)36(39)32-23-13-11-21-30(32)27-16-6-2-7-17-27/h1-25H. The lowest BCUT2D eigenvalue weighted by Gasteiger charge is -2.34. The van der Waals surface area contributed by atoms with Gasteiger partial charge in [0.15, 0.2) is 0 Å². The highest BCUT2D eigenvalue weighted by Crippen LogP contribution is 2.71. The van der Waals surface area contributed by atoms with Crippen molar-refractivity contribution in [2.24, 2.45) is 0 Å². The summed E-state index contributed by atoms with van der Waals surface area (Å²) in [5.74, 6) is 0.563. The first-order valence-corrected chi connectivity index (χ1v) is 14.5. The van der Waals surface area contributed by atoms with E-state index in [4.69, 9.17) is 4.42 Å². The van der Waals surface area contributed by atoms with Crippen molar-refractivity contribution in [3.63, 3.8) is 0 Å². The van der Waals surface area contributed by atoms with Crippen molar-refractivity contribution in [1.29, 1.82) is 0 Å². The number of hydrogen-bond acceptors (Lipinski definition) is 2. The molecule has 0 aliphatic carbocycles. The largest absolute Gasteiger partial charge is 0.446 e. The van der Waals surface area contributed by atoms with Crippen molar-refractivity contribution < 1.29 is 8.98 Å². The third-order valence-corrected chi connectivity index (χ3v) is 10.00. The van der Waals surface area contributed by atoms with Gasteiger partial charge in [-0.3, -0.25) is 9.24 Å². The Kier molecular flexibility index (Phi) is 5.69. The molecule has 4 nitrogen and oxygen atoms in total. The molecule has 0 radical (unpaired) electrons. The third kappa shape index (κ3) is 3.72. The molecule has 1 atom stereocenters. The number of hydrogen-bond donors (Lipinski definition) is 0. The number of para-hydroxylation sites is 2. The first-order valence-electron chi connectivity index (χ1n) is 12.9. The summed E-state index contributed by atoms with van der Waals surface area (Å²) in [4.78, 5) is 0. The summed E-state index contributed by atoms with van der Waals surface area (Å²) in [5.41, 5.74) is 6.54. The van der Waals surface area contributed by atoms with Crippen LogP contribution in [-0.2, 0) is 4.57 Å². The van der Waals surface area contributed by atoms with E-state index < -0.39 is 7.44 Å². The average molecular weight is 525 g/mol. The molecular formula is C34H25N2O2P. The molecule has 0 saturated carbocycles. The summed E-state index contributed by atoms with van der Waals surface area (Å²) in [6.07, 6.45) is 1.68. The molecule has 0 amide bonds. The molecule has 1 aliphatic rings. The van der Waals surface area contributed by atoms with Crippen LogP contribution in [0.15, 0.2) is 156 Å². The van der Waals surface area contributed by atoms with Gasteiger partial charge in [0.05, 0.1) is 22.9 Å². The number of furan rings is 1. The van der Waals surface area contributed by atoms with Gasteiger partial charge in [-0.05, 0) is 35.4 Å². The first-order chi connectivity index (χ1) is 19.3. The fourth-order valence-corrected chi connectivity index (χ4v) is 8.37. The molecule has 1 aliphatic heterocycles. The molecule has 188 valence electrons. The van der Waals surface area contributed by atoms with Crippen LogP contribution in [0.3, 0.4) is 0 Å². The maximum Gasteiger partial charge on any atom is 0.304 e. The third-order valence-electron chi connectivity index (χ3n) is 7.11. The fraction of sp³-hybridized carbons (Fsp3) is 0. The van der Waals surface area contributed by atoms with Crippen LogP contribution in [0, 0.1) is 0 Å². The maximum atomic E-state index is 16.0. The maximum absolute atomic E-state index is 16.0. The lowest BCUT2D eigenvalue weighted by Crippen LogP contribution is -2.27. The van der Waals surface area contributed by atoms with E-state index in [-0.39, 0.29) is 0 Å². The monoisotopic (exact) mass is 524 g/mol. The Hall–Kier alpha value is -4.79. The SMILES string of the molecule is O=P1(c2ccccc2)N(c2ccccc2-c2ccccc2)c2ccoc2N1c1ccccc1-c1ccccc1. The normalized spacial score (nSPS) is 16.3. The van der Waals surface area contributed by atoms with Crippen molar-refractivity contribution in [3.05, 3.63) is 152 Å². The van der Waals surface area contributed by atoms with E-state index in [0.29, 0.717) is 5.88 Å². The van der Waals surface area contributed by atoms with Crippen LogP contribution < -0.4 is 14.6 Å². The lowest BCUT2D eigenvalue weighted by molar-refractivity contribution is 0.566. The van der Waals surface area contributed by atoms with Gasteiger partial charge in [-0.2, -0.15) is 0 Å². The van der Waals surface area contributed by atoms with E-state index in [0.717, 1.165) is 44.6 Å². The molecule has 0 saturated heterocycles. The van der Waals surface area contributed by atoms with Crippen molar-refractivity contribution in [1.82, 2.24) is 0 Å². The van der Waals surface area contributed by atoms with E-state index in [1.165, 1.54) is 0 Å². The zero-order valence-electron chi connectivity index (χ0n) is 21.1. The minimum Gasteiger partial charge on any atom is -0.446 e. The van der Waals surface area contributed by atoms with E-state index in [1.54, 1.807) is 6.26 Å². The van der Waals surface area contributed by atoms with Gasteiger partial charge in [-0.25, -0.2) is 4.67 Å². The molecule has 39 heavy (non-hydrogen) atoms. The summed E-state index contributed by atoms with van der Waals surface area (Å²) in [7, 11) is -3.54. The summed E-state index contributed by atoms with van der Waals surface area (Å²) in [6.45, 7) is 0. The Balaban J connectivity index is 1.53. The molecule has 0 spiro atoms. The van der Waals surface area contributed by atoms with Crippen molar-refractivity contribution in [2.75, 3.05) is 9.34 Å². The van der Waals surface area contributed by atoms with Crippen molar-refractivity contribution in [3.8, 4) is 22.3 Å². The van der Waals surface area contributed by atoms with Crippen LogP contribution >= 0.6 is 7.44 Å². The molecule has 1 unspecified atom stereocenters. The lowest BCUT2D eigenvalue weighted by atomic mass is 10.0. The van der Waals surface area contributed by atoms with Crippen LogP contribution in [-0.4, -0.2) is 0 Å². The van der Waals surface area contributed by atoms with Crippen LogP contribution in [0.25, 0.3) is 22.3 Å². The smallest absolute Gasteiger partial charge is 0.304 e. The zero-order chi connectivity index (χ0) is 26.2. The van der Waals surface area contributed by atoms with E-state index >= 15 is 4.57 Å². The van der Waals surface area contributed by atoms with Crippen LogP contribution in [0.1, 0.15) is 0 Å². The van der Waals surface area contributed by atoms with Crippen LogP contribution in [0.2, 0.25) is 0 Å². The highest BCUT2D eigenvalue weighted by molar-refractivity contribution is 7.76. The highest BCUT2D eigenvalue weighted by atomic mass is 31.2. The molecular weight excluding hydrogens is 499 g/mol. The Labute approximate surface area is 227 Å². The number of nitrogens with zero attached hydrogens (tertiary/aromatic N) is 2. The topological polar surface area (TPSA) is 36.7 Å². The molecule has 6 aromatic rings. The zero-order valence-corrected chi connectivity index (χ0v) is 22.0. The Bertz CT molecular complexity index is 1690. The first kappa shape index (κ1) is 23.3. The van der Waals surface area contributed by atoms with Crippen molar-refractivity contribution >= 4 is 35.7 Å². The number of benzene rings is 5. The van der Waals surface area contributed by atoms with Crippen LogP contribution in [0.5, 0.6) is 0 Å². The van der Waals surface area contributed by atoms with E-state index in [9.17, 15) is 0 Å². The van der Waals surface area contributed by atoms with Gasteiger partial charge in [0.25, 0.3) is 0 Å². The second kappa shape index (κ2) is 9.50. The molecule has 0 bridgehead atoms. The summed E-state index contributed by atoms with van der Waals surface area (Å²) in [6, 6.07) is 48.3. The van der Waals surface area contributed by atoms with Gasteiger partial charge in [0, 0.05) is 17.2 Å². The van der Waals surface area contributed by atoms with Gasteiger partial charge >= 0.3 is 7.44 Å². The Morgan fingerprint density at radius 2 is 0.923 bits per heavy atom. The predicted molar refractivity (Wildman–Crippen MR) is 160 cm³/mol. The molecule has 5 heteroatoms. The summed E-state index contributed by atoms with van der Waals surface area (Å²) < 4.78 is 26.0. The summed E-state index contributed by atoms with van der Waals surface area (Å²) in [5, 5.41) is 0.724. The average Bonchev–Trinajstić information content (AvgIpc) is 3.57. The van der Waals surface area contributed by atoms with Gasteiger partial charge in [-0.1, -0.05) is 115 Å². The number of fused-ring (bicyclic) bond motifs is 1. The molecule has 7 rings (SSSR count). The fourth-order valence-electron chi connectivity index (χ4n) is 5.40. The van der Waals surface area contributed by atoms with E-state index in [1.807, 2.05) is 119 Å². The number of anilines is 4. The molecule has 5 aromatic carbocycles. The molecule has 2 heterocycles. The molecule has 0 N–H and O–H groups in total. The minimum absolute atomic E-state index is 0.563. The predicted octanol–water partition coefficient (Wildman–Crippen LogP) is 9.42. The summed E-state index contributed by atoms with van der Waals surface area (Å²) >= 11 is 0. The van der Waals surface area contributed by atoms with Gasteiger partial charge in [0.2, 0.25) is 5.88 Å². The van der Waals surface area contributed by atoms with Gasteiger partial charge in [0.1, 0.15) is 5.69 Å².